The number of carbonyl (C=O) groups excluding carboxylic acids is 2. The minimum atomic E-state index is -2.88. The summed E-state index contributed by atoms with van der Waals surface area (Å²) in [6, 6.07) is 12.1. The second kappa shape index (κ2) is 14.0. The number of carbonyl (C=O) groups is 2. The first-order valence-corrected chi connectivity index (χ1v) is 16.9. The zero-order chi connectivity index (χ0) is 34.0. The quantitative estimate of drug-likeness (QED) is 0.290. The number of hydrogen-bond donors (Lipinski definition) is 4. The molecule has 2 atom stereocenters. The van der Waals surface area contributed by atoms with Crippen LogP contribution in [0.1, 0.15) is 41.3 Å². The van der Waals surface area contributed by atoms with Gasteiger partial charge in [-0.2, -0.15) is 8.78 Å². The molecule has 2 aromatic carbocycles. The molecule has 6 rings (SSSR count). The molecule has 4 aliphatic rings. The number of dihydropyridines is 1. The van der Waals surface area contributed by atoms with Crippen LogP contribution in [0.25, 0.3) is 5.57 Å². The molecule has 48 heavy (non-hydrogen) atoms. The Hall–Kier alpha value is -4.40. The Balaban J connectivity index is 1.03. The molecule has 0 aliphatic carbocycles. The van der Waals surface area contributed by atoms with E-state index in [1.807, 2.05) is 44.3 Å². The first-order chi connectivity index (χ1) is 23.0. The number of alkyl halides is 2. The maximum Gasteiger partial charge on any atom is 0.387 e. The molecule has 0 radical (unpaired) electrons. The van der Waals surface area contributed by atoms with Crippen molar-refractivity contribution >= 4 is 40.2 Å². The average molecular weight is 681 g/mol. The van der Waals surface area contributed by atoms with Gasteiger partial charge in [0.25, 0.3) is 5.91 Å². The Kier molecular flexibility index (Phi) is 9.76. The first kappa shape index (κ1) is 33.5. The number of fused-ring (bicyclic) bond motifs is 1. The maximum absolute atomic E-state index is 13.5. The molecule has 0 saturated carbocycles. The van der Waals surface area contributed by atoms with E-state index in [1.54, 1.807) is 23.2 Å². The van der Waals surface area contributed by atoms with E-state index in [4.69, 9.17) is 4.55 Å². The molecular formula is C34H38F2N6O5S. The summed E-state index contributed by atoms with van der Waals surface area (Å²) in [7, 11) is 0. The van der Waals surface area contributed by atoms with Crippen molar-refractivity contribution in [2.24, 2.45) is 16.8 Å². The number of anilines is 1. The molecule has 2 fully saturated rings. The number of benzene rings is 2. The fourth-order valence-electron chi connectivity index (χ4n) is 6.37. The number of amidine groups is 1. The zero-order valence-electron chi connectivity index (χ0n) is 26.6. The molecule has 4 N–H and O–H groups in total. The molecule has 2 saturated heterocycles. The molecule has 2 aromatic rings. The van der Waals surface area contributed by atoms with Gasteiger partial charge in [0, 0.05) is 73.8 Å². The molecule has 4 aliphatic heterocycles. The van der Waals surface area contributed by atoms with E-state index in [-0.39, 0.29) is 29.4 Å². The summed E-state index contributed by atoms with van der Waals surface area (Å²) in [5, 5.41) is 9.80. The lowest BCUT2D eigenvalue weighted by Crippen LogP contribution is -2.52. The number of rotatable bonds is 9. The third-order valence-corrected chi connectivity index (χ3v) is 9.93. The summed E-state index contributed by atoms with van der Waals surface area (Å²) >= 11 is -1.96. The van der Waals surface area contributed by atoms with Crippen LogP contribution < -0.4 is 20.7 Å². The van der Waals surface area contributed by atoms with Crippen LogP contribution in [0.3, 0.4) is 0 Å². The first-order valence-electron chi connectivity index (χ1n) is 15.8. The highest BCUT2D eigenvalue weighted by Gasteiger charge is 2.34. The van der Waals surface area contributed by atoms with E-state index in [9.17, 15) is 22.6 Å². The van der Waals surface area contributed by atoms with Gasteiger partial charge in [-0.3, -0.25) is 14.1 Å². The van der Waals surface area contributed by atoms with Crippen molar-refractivity contribution in [3.05, 3.63) is 89.3 Å². The lowest BCUT2D eigenvalue weighted by Gasteiger charge is -2.36. The van der Waals surface area contributed by atoms with E-state index in [0.717, 1.165) is 28.0 Å². The van der Waals surface area contributed by atoms with Crippen LogP contribution in [0.2, 0.25) is 0 Å². The van der Waals surface area contributed by atoms with Gasteiger partial charge in [-0.25, -0.2) is 13.5 Å². The molecule has 0 spiro atoms. The molecule has 0 aromatic heterocycles. The number of nitrogens with zero attached hydrogens (tertiary/aromatic N) is 3. The summed E-state index contributed by atoms with van der Waals surface area (Å²) in [5.74, 6) is 0.659. The number of halogens is 2. The Morgan fingerprint density at radius 3 is 2.56 bits per heavy atom. The number of nitrogens with one attached hydrogen (secondary N) is 3. The number of likely N-dealkylation sites (tertiary alicyclic amines) is 1. The van der Waals surface area contributed by atoms with E-state index in [2.05, 4.69) is 31.8 Å². The Morgan fingerprint density at radius 2 is 1.90 bits per heavy atom. The van der Waals surface area contributed by atoms with Crippen LogP contribution in [0.15, 0.2) is 77.6 Å². The van der Waals surface area contributed by atoms with Gasteiger partial charge in [-0.05, 0) is 85.9 Å². The van der Waals surface area contributed by atoms with E-state index in [0.29, 0.717) is 57.0 Å². The lowest BCUT2D eigenvalue weighted by molar-refractivity contribution is -0.126. The minimum absolute atomic E-state index is 0.0280. The van der Waals surface area contributed by atoms with Crippen LogP contribution in [0.5, 0.6) is 5.75 Å². The number of aryl methyl sites for hydroxylation is 1. The fraction of sp³-hybridized carbons (Fsp3) is 0.382. The molecule has 14 heteroatoms. The summed E-state index contributed by atoms with van der Waals surface area (Å²) in [6.07, 6.45) is 8.71. The molecule has 11 nitrogen and oxygen atoms in total. The van der Waals surface area contributed by atoms with Crippen LogP contribution in [0.4, 0.5) is 14.5 Å². The van der Waals surface area contributed by atoms with Crippen LogP contribution >= 0.6 is 0 Å². The van der Waals surface area contributed by atoms with Crippen LogP contribution in [-0.2, 0) is 16.1 Å². The minimum Gasteiger partial charge on any atom is -0.435 e. The predicted molar refractivity (Wildman–Crippen MR) is 180 cm³/mol. The van der Waals surface area contributed by atoms with Crippen LogP contribution in [-0.4, -0.2) is 80.5 Å². The van der Waals surface area contributed by atoms with Gasteiger partial charge in [0.15, 0.2) is 0 Å². The zero-order valence-corrected chi connectivity index (χ0v) is 27.4. The highest BCUT2D eigenvalue weighted by molar-refractivity contribution is 7.76. The molecular weight excluding hydrogens is 642 g/mol. The highest BCUT2D eigenvalue weighted by Crippen LogP contribution is 2.33. The lowest BCUT2D eigenvalue weighted by atomic mass is 9.88. The SMILES string of the molecule is Cc1cc(NC2=NC=CC3=CC2(C)NC=C3c2ccc(OC(F)F)cc2)ccc1C(=O)N1CCC(C(=O)NCC2CN(S(=O)O)C2)CC1. The number of ether oxygens (including phenoxy) is 1. The monoisotopic (exact) mass is 680 g/mol. The maximum atomic E-state index is 13.5. The smallest absolute Gasteiger partial charge is 0.387 e. The van der Waals surface area contributed by atoms with Crippen molar-refractivity contribution in [1.29, 1.82) is 0 Å². The topological polar surface area (TPSA) is 136 Å². The van der Waals surface area contributed by atoms with Crippen molar-refractivity contribution in [1.82, 2.24) is 19.8 Å². The highest BCUT2D eigenvalue weighted by atomic mass is 32.2. The fourth-order valence-corrected chi connectivity index (χ4v) is 7.04. The Bertz CT molecular complexity index is 1710. The van der Waals surface area contributed by atoms with Crippen molar-refractivity contribution in [2.45, 2.75) is 38.8 Å². The van der Waals surface area contributed by atoms with Gasteiger partial charge in [0.1, 0.15) is 17.1 Å². The normalized spacial score (nSPS) is 22.0. The largest absolute Gasteiger partial charge is 0.435 e. The Morgan fingerprint density at radius 1 is 1.17 bits per heavy atom. The number of allylic oxidation sites excluding steroid dienone is 3. The van der Waals surface area contributed by atoms with Crippen molar-refractivity contribution < 1.29 is 31.9 Å². The summed E-state index contributed by atoms with van der Waals surface area (Å²) in [6.45, 7) is 3.45. The second-order valence-electron chi connectivity index (χ2n) is 12.6. The number of piperidine rings is 1. The summed E-state index contributed by atoms with van der Waals surface area (Å²) in [5.41, 5.74) is 4.16. The molecule has 2 unspecified atom stereocenters. The van der Waals surface area contributed by atoms with Gasteiger partial charge in [-0.15, -0.1) is 0 Å². The second-order valence-corrected chi connectivity index (χ2v) is 13.6. The number of amides is 2. The third-order valence-electron chi connectivity index (χ3n) is 9.19. The van der Waals surface area contributed by atoms with Gasteiger partial charge in [0.2, 0.25) is 17.2 Å². The standard InChI is InChI=1S/C34H38F2N6O5S/c1-21-15-26(5-8-28(21)31(44)41-13-10-24(11-14-41)30(43)38-17-22-19-42(20-22)48(45)46)40-32-34(2)16-25(9-12-37-32)29(18-39-34)23-3-6-27(7-4-23)47-33(35)36/h3-9,12,15-16,18,22,24,33,39H,10-11,13-14,17,19-20H2,1-2H3,(H,37,40)(H,38,43)(H,45,46). The molecule has 4 heterocycles. The van der Waals surface area contributed by atoms with Crippen molar-refractivity contribution in [2.75, 3.05) is 38.0 Å². The van der Waals surface area contributed by atoms with Gasteiger partial charge >= 0.3 is 6.61 Å². The van der Waals surface area contributed by atoms with Gasteiger partial charge in [0.05, 0.1) is 0 Å². The molecule has 2 bridgehead atoms. The summed E-state index contributed by atoms with van der Waals surface area (Å²) < 4.78 is 51.1. The van der Waals surface area contributed by atoms with Crippen molar-refractivity contribution in [3.63, 3.8) is 0 Å². The van der Waals surface area contributed by atoms with E-state index in [1.165, 1.54) is 16.4 Å². The third kappa shape index (κ3) is 7.35. The van der Waals surface area contributed by atoms with E-state index >= 15 is 0 Å². The van der Waals surface area contributed by atoms with E-state index < -0.39 is 23.4 Å². The average Bonchev–Trinajstić information content (AvgIpc) is 3.15. The summed E-state index contributed by atoms with van der Waals surface area (Å²) in [4.78, 5) is 32.6. The molecule has 254 valence electrons. The predicted octanol–water partition coefficient (Wildman–Crippen LogP) is 4.30. The van der Waals surface area contributed by atoms with Crippen molar-refractivity contribution in [3.8, 4) is 5.75 Å². The number of aliphatic imine (C=N–C) groups is 1. The van der Waals surface area contributed by atoms with Crippen LogP contribution in [0, 0.1) is 18.8 Å². The van der Waals surface area contributed by atoms with Gasteiger partial charge < -0.3 is 25.6 Å². The Labute approximate surface area is 280 Å². The van der Waals surface area contributed by atoms with Gasteiger partial charge in [-0.1, -0.05) is 12.1 Å². The number of hydrogen-bond acceptors (Lipinski definition) is 7. The molecule has 2 amide bonds.